The maximum absolute atomic E-state index is 11.8. The van der Waals surface area contributed by atoms with Crippen LogP contribution < -0.4 is 14.4 Å². The lowest BCUT2D eigenvalue weighted by Crippen LogP contribution is -2.34. The van der Waals surface area contributed by atoms with Crippen LogP contribution >= 0.6 is 0 Å². The molecule has 0 bridgehead atoms. The standard InChI is InChI=1S/C16H22N4O4S/c1-23-14-9-12-13(10-15(14)24-2)17-11-18-16(12)19-5-4-6-20(8-7-19)25(3,21)22/h9-11H,4-8H2,1-3H3. The predicted octanol–water partition coefficient (Wildman–Crippen LogP) is 1.12. The van der Waals surface area contributed by atoms with Crippen molar-refractivity contribution in [1.29, 1.82) is 0 Å². The van der Waals surface area contributed by atoms with E-state index in [0.717, 1.165) is 29.7 Å². The number of benzene rings is 1. The van der Waals surface area contributed by atoms with Crippen molar-refractivity contribution in [3.63, 3.8) is 0 Å². The summed E-state index contributed by atoms with van der Waals surface area (Å²) >= 11 is 0. The second-order valence-corrected chi connectivity index (χ2v) is 7.91. The highest BCUT2D eigenvalue weighted by molar-refractivity contribution is 7.88. The van der Waals surface area contributed by atoms with Crippen LogP contribution in [0.1, 0.15) is 6.42 Å². The minimum absolute atomic E-state index is 0.442. The molecule has 1 aromatic carbocycles. The fourth-order valence-electron chi connectivity index (χ4n) is 3.06. The molecule has 8 nitrogen and oxygen atoms in total. The highest BCUT2D eigenvalue weighted by Gasteiger charge is 2.23. The lowest BCUT2D eigenvalue weighted by Gasteiger charge is -2.23. The van der Waals surface area contributed by atoms with Crippen LogP contribution in [0.5, 0.6) is 11.5 Å². The fraction of sp³-hybridized carbons (Fsp3) is 0.500. The van der Waals surface area contributed by atoms with Gasteiger partial charge in [0.25, 0.3) is 0 Å². The first-order chi connectivity index (χ1) is 11.9. The molecule has 3 rings (SSSR count). The zero-order valence-electron chi connectivity index (χ0n) is 14.6. The highest BCUT2D eigenvalue weighted by Crippen LogP contribution is 2.34. The summed E-state index contributed by atoms with van der Waals surface area (Å²) in [6, 6.07) is 3.68. The SMILES string of the molecule is COc1cc2ncnc(N3CCCN(S(C)(=O)=O)CC3)c2cc1OC. The molecule has 0 atom stereocenters. The second kappa shape index (κ2) is 7.01. The third-order valence-electron chi connectivity index (χ3n) is 4.34. The smallest absolute Gasteiger partial charge is 0.211 e. The van der Waals surface area contributed by atoms with E-state index in [1.807, 2.05) is 12.1 Å². The van der Waals surface area contributed by atoms with Gasteiger partial charge in [0.15, 0.2) is 11.5 Å². The molecular formula is C16H22N4O4S. The van der Waals surface area contributed by atoms with Crippen LogP contribution in [-0.4, -0.2) is 69.3 Å². The number of hydrogen-bond acceptors (Lipinski definition) is 7. The van der Waals surface area contributed by atoms with E-state index in [0.29, 0.717) is 31.1 Å². The summed E-state index contributed by atoms with van der Waals surface area (Å²) in [5.41, 5.74) is 0.756. The average Bonchev–Trinajstić information content (AvgIpc) is 2.85. The molecule has 1 aliphatic rings. The van der Waals surface area contributed by atoms with Gasteiger partial charge < -0.3 is 14.4 Å². The van der Waals surface area contributed by atoms with E-state index in [2.05, 4.69) is 14.9 Å². The summed E-state index contributed by atoms with van der Waals surface area (Å²) in [5, 5.41) is 0.855. The van der Waals surface area contributed by atoms with Crippen LogP contribution in [0.3, 0.4) is 0 Å². The van der Waals surface area contributed by atoms with Gasteiger partial charge in [0, 0.05) is 37.6 Å². The Morgan fingerprint density at radius 3 is 2.40 bits per heavy atom. The minimum Gasteiger partial charge on any atom is -0.493 e. The normalized spacial score (nSPS) is 16.7. The molecule has 0 amide bonds. The predicted molar refractivity (Wildman–Crippen MR) is 95.9 cm³/mol. The molecule has 0 N–H and O–H groups in total. The van der Waals surface area contributed by atoms with E-state index in [4.69, 9.17) is 9.47 Å². The summed E-state index contributed by atoms with van der Waals surface area (Å²) in [6.45, 7) is 2.27. The number of sulfonamides is 1. The third kappa shape index (κ3) is 3.62. The van der Waals surface area contributed by atoms with Gasteiger partial charge in [0.05, 0.1) is 26.0 Å². The summed E-state index contributed by atoms with van der Waals surface area (Å²) in [6.07, 6.45) is 3.51. The first kappa shape index (κ1) is 17.7. The van der Waals surface area contributed by atoms with Gasteiger partial charge in [-0.15, -0.1) is 0 Å². The molecule has 0 aliphatic carbocycles. The number of nitrogens with zero attached hydrogens (tertiary/aromatic N) is 4. The Balaban J connectivity index is 1.98. The number of aromatic nitrogens is 2. The van der Waals surface area contributed by atoms with Gasteiger partial charge in [-0.2, -0.15) is 0 Å². The van der Waals surface area contributed by atoms with Gasteiger partial charge in [-0.05, 0) is 12.5 Å². The van der Waals surface area contributed by atoms with Crippen LogP contribution in [0.4, 0.5) is 5.82 Å². The first-order valence-corrected chi connectivity index (χ1v) is 9.85. The topological polar surface area (TPSA) is 84.9 Å². The van der Waals surface area contributed by atoms with E-state index in [1.165, 1.54) is 16.9 Å². The Kier molecular flexibility index (Phi) is 4.96. The molecule has 2 aromatic rings. The zero-order chi connectivity index (χ0) is 18.0. The fourth-order valence-corrected chi connectivity index (χ4v) is 3.93. The molecule has 0 spiro atoms. The molecule has 136 valence electrons. The first-order valence-electron chi connectivity index (χ1n) is 8.01. The summed E-state index contributed by atoms with van der Waals surface area (Å²) < 4.78 is 35.8. The van der Waals surface area contributed by atoms with Crippen molar-refractivity contribution in [3.8, 4) is 11.5 Å². The average molecular weight is 366 g/mol. The van der Waals surface area contributed by atoms with Crippen LogP contribution in [0.25, 0.3) is 10.9 Å². The molecule has 1 fully saturated rings. The van der Waals surface area contributed by atoms with Crippen molar-refractivity contribution >= 4 is 26.7 Å². The molecule has 0 unspecified atom stereocenters. The van der Waals surface area contributed by atoms with Gasteiger partial charge in [0.2, 0.25) is 10.0 Å². The lowest BCUT2D eigenvalue weighted by atomic mass is 10.2. The number of ether oxygens (including phenoxy) is 2. The highest BCUT2D eigenvalue weighted by atomic mass is 32.2. The van der Waals surface area contributed by atoms with Crippen molar-refractivity contribution in [2.75, 3.05) is 51.6 Å². The van der Waals surface area contributed by atoms with Gasteiger partial charge in [-0.25, -0.2) is 22.7 Å². The van der Waals surface area contributed by atoms with Gasteiger partial charge in [0.1, 0.15) is 12.1 Å². The molecule has 1 aliphatic heterocycles. The maximum Gasteiger partial charge on any atom is 0.211 e. The summed E-state index contributed by atoms with van der Waals surface area (Å²) in [7, 11) is -0.00954. The van der Waals surface area contributed by atoms with Gasteiger partial charge in [-0.1, -0.05) is 0 Å². The largest absolute Gasteiger partial charge is 0.493 e. The van der Waals surface area contributed by atoms with E-state index in [-0.39, 0.29) is 0 Å². The second-order valence-electron chi connectivity index (χ2n) is 5.92. The Labute approximate surface area is 147 Å². The van der Waals surface area contributed by atoms with Crippen molar-refractivity contribution in [1.82, 2.24) is 14.3 Å². The quantitative estimate of drug-likeness (QED) is 0.801. The van der Waals surface area contributed by atoms with Gasteiger partial charge in [-0.3, -0.25) is 0 Å². The Morgan fingerprint density at radius 2 is 1.72 bits per heavy atom. The number of fused-ring (bicyclic) bond motifs is 1. The lowest BCUT2D eigenvalue weighted by molar-refractivity contribution is 0.356. The minimum atomic E-state index is -3.18. The maximum atomic E-state index is 11.8. The van der Waals surface area contributed by atoms with Crippen LogP contribution in [-0.2, 0) is 10.0 Å². The third-order valence-corrected chi connectivity index (χ3v) is 5.65. The Hall–Kier alpha value is -2.13. The van der Waals surface area contributed by atoms with E-state index >= 15 is 0 Å². The molecule has 1 saturated heterocycles. The van der Waals surface area contributed by atoms with Crippen LogP contribution in [0.15, 0.2) is 18.5 Å². The monoisotopic (exact) mass is 366 g/mol. The van der Waals surface area contributed by atoms with Crippen molar-refractivity contribution in [3.05, 3.63) is 18.5 Å². The number of rotatable bonds is 4. The van der Waals surface area contributed by atoms with Crippen LogP contribution in [0, 0.1) is 0 Å². The zero-order valence-corrected chi connectivity index (χ0v) is 15.4. The Morgan fingerprint density at radius 1 is 1.00 bits per heavy atom. The summed E-state index contributed by atoms with van der Waals surface area (Å²) in [4.78, 5) is 10.9. The molecule has 2 heterocycles. The van der Waals surface area contributed by atoms with Crippen LogP contribution in [0.2, 0.25) is 0 Å². The Bertz CT molecular complexity index is 872. The molecule has 0 saturated carbocycles. The number of anilines is 1. The molecule has 25 heavy (non-hydrogen) atoms. The molecule has 9 heteroatoms. The van der Waals surface area contributed by atoms with Crippen molar-refractivity contribution in [2.45, 2.75) is 6.42 Å². The summed E-state index contributed by atoms with van der Waals surface area (Å²) in [5.74, 6) is 2.00. The molecule has 1 aromatic heterocycles. The molecular weight excluding hydrogens is 344 g/mol. The van der Waals surface area contributed by atoms with Gasteiger partial charge >= 0.3 is 0 Å². The van der Waals surface area contributed by atoms with E-state index < -0.39 is 10.0 Å². The van der Waals surface area contributed by atoms with Crippen molar-refractivity contribution < 1.29 is 17.9 Å². The van der Waals surface area contributed by atoms with E-state index in [9.17, 15) is 8.42 Å². The van der Waals surface area contributed by atoms with E-state index in [1.54, 1.807) is 14.2 Å². The number of hydrogen-bond donors (Lipinski definition) is 0. The molecule has 0 radical (unpaired) electrons. The van der Waals surface area contributed by atoms with Crippen molar-refractivity contribution in [2.24, 2.45) is 0 Å². The number of methoxy groups -OCH3 is 2.